The summed E-state index contributed by atoms with van der Waals surface area (Å²) in [5.74, 6) is 0. The molecule has 0 aliphatic carbocycles. The van der Waals surface area contributed by atoms with Crippen molar-refractivity contribution in [2.45, 2.75) is 11.4 Å². The van der Waals surface area contributed by atoms with Gasteiger partial charge in [0.05, 0.1) is 5.52 Å². The van der Waals surface area contributed by atoms with Gasteiger partial charge in [-0.1, -0.05) is 23.7 Å². The van der Waals surface area contributed by atoms with Gasteiger partial charge >= 0.3 is 0 Å². The van der Waals surface area contributed by atoms with Crippen LogP contribution in [0, 0.1) is 0 Å². The van der Waals surface area contributed by atoms with Crippen LogP contribution in [0.3, 0.4) is 0 Å². The smallest absolute Gasteiger partial charge is 0.269 e. The van der Waals surface area contributed by atoms with Gasteiger partial charge in [-0.05, 0) is 55.1 Å². The van der Waals surface area contributed by atoms with Gasteiger partial charge in [-0.15, -0.1) is 12.4 Å². The number of hydrogen-bond donors (Lipinski definition) is 2. The van der Waals surface area contributed by atoms with Crippen LogP contribution < -0.4 is 10.6 Å². The van der Waals surface area contributed by atoms with E-state index in [1.54, 1.807) is 30.6 Å². The molecule has 30 heavy (non-hydrogen) atoms. The molecule has 0 bridgehead atoms. The van der Waals surface area contributed by atoms with Gasteiger partial charge in [0.25, 0.3) is 10.0 Å². The Bertz CT molecular complexity index is 1270. The summed E-state index contributed by atoms with van der Waals surface area (Å²) in [6.45, 7) is 0.549. The molecule has 0 aliphatic rings. The van der Waals surface area contributed by atoms with Crippen molar-refractivity contribution in [2.75, 3.05) is 12.4 Å². The molecule has 0 radical (unpaired) electrons. The Morgan fingerprint density at radius 1 is 1.07 bits per heavy atom. The quantitative estimate of drug-likeness (QED) is 0.429. The second-order valence-electron chi connectivity index (χ2n) is 6.54. The molecule has 4 aromatic rings. The molecule has 0 saturated carbocycles. The highest BCUT2D eigenvalue weighted by molar-refractivity contribution is 7.90. The van der Waals surface area contributed by atoms with E-state index in [0.29, 0.717) is 17.1 Å². The van der Waals surface area contributed by atoms with E-state index >= 15 is 0 Å². The fraction of sp³-hybridized carbons (Fsp3) is 0.0952. The topological polar surface area (TPSA) is 76.0 Å². The van der Waals surface area contributed by atoms with Crippen molar-refractivity contribution < 1.29 is 8.42 Å². The predicted octanol–water partition coefficient (Wildman–Crippen LogP) is 4.81. The summed E-state index contributed by atoms with van der Waals surface area (Å²) < 4.78 is 27.8. The SMILES string of the molecule is CNCc1cn(S(=O)(=O)c2cccnc2)c2cc(Nc3cccc(Cl)c3)ccc12.Cl. The van der Waals surface area contributed by atoms with Gasteiger partial charge in [0.2, 0.25) is 0 Å². The van der Waals surface area contributed by atoms with Crippen molar-refractivity contribution in [3.05, 3.63) is 83.8 Å². The summed E-state index contributed by atoms with van der Waals surface area (Å²) in [5.41, 5.74) is 3.06. The first-order valence-electron chi connectivity index (χ1n) is 8.96. The van der Waals surface area contributed by atoms with Gasteiger partial charge in [-0.25, -0.2) is 12.4 Å². The van der Waals surface area contributed by atoms with E-state index in [-0.39, 0.29) is 17.3 Å². The number of anilines is 2. The van der Waals surface area contributed by atoms with E-state index in [2.05, 4.69) is 15.6 Å². The van der Waals surface area contributed by atoms with Crippen molar-refractivity contribution >= 4 is 56.3 Å². The van der Waals surface area contributed by atoms with Crippen molar-refractivity contribution in [3.8, 4) is 0 Å². The Morgan fingerprint density at radius 2 is 1.87 bits per heavy atom. The molecule has 4 rings (SSSR count). The second kappa shape index (κ2) is 9.06. The van der Waals surface area contributed by atoms with Crippen LogP contribution in [0.4, 0.5) is 11.4 Å². The molecule has 0 atom stereocenters. The Morgan fingerprint density at radius 3 is 2.57 bits per heavy atom. The minimum atomic E-state index is -3.78. The lowest BCUT2D eigenvalue weighted by Crippen LogP contribution is -2.12. The normalized spacial score (nSPS) is 11.3. The van der Waals surface area contributed by atoms with Crippen LogP contribution >= 0.6 is 24.0 Å². The van der Waals surface area contributed by atoms with Crippen LogP contribution in [0.5, 0.6) is 0 Å². The molecule has 2 aromatic heterocycles. The molecule has 156 valence electrons. The number of pyridine rings is 1. The summed E-state index contributed by atoms with van der Waals surface area (Å²) in [4.78, 5) is 4.09. The molecule has 0 unspecified atom stereocenters. The number of halogens is 2. The van der Waals surface area contributed by atoms with Crippen LogP contribution in [-0.4, -0.2) is 24.4 Å². The highest BCUT2D eigenvalue weighted by atomic mass is 35.5. The summed E-state index contributed by atoms with van der Waals surface area (Å²) >= 11 is 6.06. The largest absolute Gasteiger partial charge is 0.355 e. The van der Waals surface area contributed by atoms with Crippen LogP contribution in [0.1, 0.15) is 5.56 Å². The fourth-order valence-electron chi connectivity index (χ4n) is 3.22. The molecule has 2 heterocycles. The molecule has 0 aliphatic heterocycles. The minimum Gasteiger partial charge on any atom is -0.355 e. The van der Waals surface area contributed by atoms with E-state index in [4.69, 9.17) is 11.6 Å². The number of aromatic nitrogens is 2. The predicted molar refractivity (Wildman–Crippen MR) is 124 cm³/mol. The molecular weight excluding hydrogens is 443 g/mol. The highest BCUT2D eigenvalue weighted by Gasteiger charge is 2.21. The number of hydrogen-bond acceptors (Lipinski definition) is 5. The first kappa shape index (κ1) is 22.1. The highest BCUT2D eigenvalue weighted by Crippen LogP contribution is 2.30. The lowest BCUT2D eigenvalue weighted by Gasteiger charge is -2.10. The number of nitrogens with zero attached hydrogens (tertiary/aromatic N) is 2. The van der Waals surface area contributed by atoms with E-state index in [0.717, 1.165) is 22.3 Å². The number of benzene rings is 2. The lowest BCUT2D eigenvalue weighted by atomic mass is 10.1. The molecule has 0 spiro atoms. The summed E-state index contributed by atoms with van der Waals surface area (Å²) in [5, 5.41) is 7.85. The number of rotatable bonds is 6. The standard InChI is InChI=1S/C21H19ClN4O2S.ClH/c1-23-12-15-14-26(29(27,28)19-6-3-9-24-13-19)21-11-18(7-8-20(15)21)25-17-5-2-4-16(22)10-17;/h2-11,13-14,23,25H,12H2,1H3;1H. The Kier molecular flexibility index (Phi) is 6.67. The number of fused-ring (bicyclic) bond motifs is 1. The molecule has 6 nitrogen and oxygen atoms in total. The zero-order valence-electron chi connectivity index (χ0n) is 16.0. The van der Waals surface area contributed by atoms with Gasteiger partial charge in [0, 0.05) is 46.9 Å². The van der Waals surface area contributed by atoms with Crippen LogP contribution in [0.2, 0.25) is 5.02 Å². The van der Waals surface area contributed by atoms with Gasteiger partial charge < -0.3 is 10.6 Å². The van der Waals surface area contributed by atoms with E-state index in [1.807, 2.05) is 43.4 Å². The van der Waals surface area contributed by atoms with E-state index in [9.17, 15) is 8.42 Å². The van der Waals surface area contributed by atoms with Crippen LogP contribution in [0.15, 0.2) is 78.1 Å². The molecule has 0 fully saturated rings. The maximum absolute atomic E-state index is 13.2. The lowest BCUT2D eigenvalue weighted by molar-refractivity contribution is 0.588. The third-order valence-corrected chi connectivity index (χ3v) is 6.42. The first-order valence-corrected chi connectivity index (χ1v) is 10.8. The fourth-order valence-corrected chi connectivity index (χ4v) is 4.76. The van der Waals surface area contributed by atoms with Gasteiger partial charge in [-0.2, -0.15) is 0 Å². The summed E-state index contributed by atoms with van der Waals surface area (Å²) in [6, 6.07) is 16.2. The molecule has 9 heteroatoms. The Balaban J connectivity index is 0.00000256. The second-order valence-corrected chi connectivity index (χ2v) is 8.79. The van der Waals surface area contributed by atoms with Gasteiger partial charge in [-0.3, -0.25) is 4.98 Å². The molecular formula is C21H20Cl2N4O2S. The first-order chi connectivity index (χ1) is 14.0. The monoisotopic (exact) mass is 462 g/mol. The zero-order valence-corrected chi connectivity index (χ0v) is 18.4. The summed E-state index contributed by atoms with van der Waals surface area (Å²) in [7, 11) is -1.95. The van der Waals surface area contributed by atoms with Crippen molar-refractivity contribution in [3.63, 3.8) is 0 Å². The molecule has 0 saturated heterocycles. The maximum Gasteiger partial charge on any atom is 0.269 e. The van der Waals surface area contributed by atoms with Crippen LogP contribution in [-0.2, 0) is 16.6 Å². The van der Waals surface area contributed by atoms with E-state index < -0.39 is 10.0 Å². The average molecular weight is 463 g/mol. The molecule has 2 aromatic carbocycles. The van der Waals surface area contributed by atoms with Gasteiger partial charge in [0.1, 0.15) is 4.90 Å². The van der Waals surface area contributed by atoms with Gasteiger partial charge in [0.15, 0.2) is 0 Å². The molecule has 0 amide bonds. The van der Waals surface area contributed by atoms with E-state index in [1.165, 1.54) is 10.2 Å². The average Bonchev–Trinajstić information content (AvgIpc) is 3.08. The third kappa shape index (κ3) is 4.29. The third-order valence-electron chi connectivity index (χ3n) is 4.53. The summed E-state index contributed by atoms with van der Waals surface area (Å²) in [6.07, 6.45) is 4.56. The Labute approximate surface area is 186 Å². The van der Waals surface area contributed by atoms with Crippen LogP contribution in [0.25, 0.3) is 10.9 Å². The van der Waals surface area contributed by atoms with Crippen molar-refractivity contribution in [1.29, 1.82) is 0 Å². The molecule has 2 N–H and O–H groups in total. The maximum atomic E-state index is 13.2. The van der Waals surface area contributed by atoms with Crippen molar-refractivity contribution in [1.82, 2.24) is 14.3 Å². The zero-order chi connectivity index (χ0) is 20.4. The minimum absolute atomic E-state index is 0. The number of nitrogens with one attached hydrogen (secondary N) is 2. The van der Waals surface area contributed by atoms with Crippen molar-refractivity contribution in [2.24, 2.45) is 0 Å². The Hall–Kier alpha value is -2.58.